The summed E-state index contributed by atoms with van der Waals surface area (Å²) in [6.45, 7) is 0. The van der Waals surface area contributed by atoms with Gasteiger partial charge >= 0.3 is 0 Å². The van der Waals surface area contributed by atoms with E-state index in [9.17, 15) is 31.6 Å². The molecule has 0 aliphatic carbocycles. The summed E-state index contributed by atoms with van der Waals surface area (Å²) < 4.78 is 4.20. The van der Waals surface area contributed by atoms with E-state index in [1.165, 1.54) is 0 Å². The molecule has 0 unspecified atom stereocenters. The van der Waals surface area contributed by atoms with Crippen LogP contribution in [0.5, 0.6) is 0 Å². The van der Waals surface area contributed by atoms with Gasteiger partial charge in [-0.05, 0) is 124 Å². The van der Waals surface area contributed by atoms with E-state index in [2.05, 4.69) is 57.7 Å². The molecule has 62 heavy (non-hydrogen) atoms. The third-order valence-electron chi connectivity index (χ3n) is 11.4. The highest BCUT2D eigenvalue weighted by Crippen LogP contribution is 2.42. The van der Waals surface area contributed by atoms with Crippen molar-refractivity contribution >= 4 is 43.6 Å². The number of para-hydroxylation sites is 2. The topological polar surface area (TPSA) is 153 Å². The van der Waals surface area contributed by atoms with Gasteiger partial charge in [0.1, 0.15) is 11.6 Å². The first kappa shape index (κ1) is 36.6. The molecule has 10 aromatic rings. The molecule has 8 nitrogen and oxygen atoms in total. The lowest BCUT2D eigenvalue weighted by atomic mass is 9.96. The van der Waals surface area contributed by atoms with Crippen LogP contribution in [-0.2, 0) is 0 Å². The molecular formula is C54H26N8. The highest BCUT2D eigenvalue weighted by atomic mass is 15.0. The molecule has 2 heterocycles. The maximum absolute atomic E-state index is 11.4. The molecule has 10 rings (SSSR count). The molecule has 0 bridgehead atoms. The summed E-state index contributed by atoms with van der Waals surface area (Å²) in [6, 6.07) is 63.4. The fraction of sp³-hybridized carbons (Fsp3) is 0. The van der Waals surface area contributed by atoms with E-state index < -0.39 is 0 Å². The summed E-state index contributed by atoms with van der Waals surface area (Å²) in [5.41, 5.74) is 11.7. The smallest absolute Gasteiger partial charge is 0.104 e. The van der Waals surface area contributed by atoms with Crippen molar-refractivity contribution < 1.29 is 0 Å². The Morgan fingerprint density at radius 1 is 0.306 bits per heavy atom. The molecule has 8 heteroatoms. The standard InChI is InChI=1S/C54H26N8/c55-27-33-17-34(28-56)20-40(19-33)37-13-15-51-46(23-37)44-9-3-5-11-49(44)61(51)53-25-42(43-8-2-1-7-39(43)31-59)26-54(48(53)32-60)62-50-12-6-4-10-45(50)47-24-38(14-16-52(47)62)41-21-35(29-57)18-36(22-41)30-58/h1-26H. The van der Waals surface area contributed by atoms with Crippen molar-refractivity contribution in [3.05, 3.63) is 191 Å². The zero-order valence-corrected chi connectivity index (χ0v) is 32.6. The van der Waals surface area contributed by atoms with Crippen LogP contribution in [0.2, 0.25) is 0 Å². The maximum atomic E-state index is 11.4. The molecule has 2 aromatic heterocycles. The fourth-order valence-corrected chi connectivity index (χ4v) is 8.74. The van der Waals surface area contributed by atoms with E-state index in [0.29, 0.717) is 50.3 Å². The lowest BCUT2D eigenvalue weighted by Gasteiger charge is -2.19. The van der Waals surface area contributed by atoms with Gasteiger partial charge in [0.05, 0.1) is 91.6 Å². The van der Waals surface area contributed by atoms with Crippen molar-refractivity contribution in [1.29, 1.82) is 31.6 Å². The van der Waals surface area contributed by atoms with Gasteiger partial charge in [0.2, 0.25) is 0 Å². The fourth-order valence-electron chi connectivity index (χ4n) is 8.74. The van der Waals surface area contributed by atoms with Crippen molar-refractivity contribution in [3.63, 3.8) is 0 Å². The minimum Gasteiger partial charge on any atom is -0.308 e. The number of hydrogen-bond donors (Lipinski definition) is 0. The van der Waals surface area contributed by atoms with Gasteiger partial charge in [0, 0.05) is 21.5 Å². The Kier molecular flexibility index (Phi) is 8.62. The van der Waals surface area contributed by atoms with Gasteiger partial charge in [-0.25, -0.2) is 0 Å². The SMILES string of the molecule is N#Cc1cc(C#N)cc(-c2ccc3c(c2)c2ccccc2n3-c2cc(-c3ccccc3C#N)cc(-n3c4ccccc4c4cc(-c5cc(C#N)cc(C#N)c5)ccc43)c2C#N)c1. The molecule has 0 spiro atoms. The summed E-state index contributed by atoms with van der Waals surface area (Å²) in [5.74, 6) is 0. The van der Waals surface area contributed by atoms with Gasteiger partial charge in [0.25, 0.3) is 0 Å². The summed E-state index contributed by atoms with van der Waals surface area (Å²) in [7, 11) is 0. The predicted molar refractivity (Wildman–Crippen MR) is 240 cm³/mol. The van der Waals surface area contributed by atoms with Crippen LogP contribution in [-0.4, -0.2) is 9.13 Å². The molecule has 0 aliphatic rings. The van der Waals surface area contributed by atoms with E-state index in [4.69, 9.17) is 0 Å². The number of nitriles is 6. The molecule has 0 amide bonds. The van der Waals surface area contributed by atoms with Gasteiger partial charge < -0.3 is 9.13 Å². The van der Waals surface area contributed by atoms with Gasteiger partial charge in [-0.1, -0.05) is 66.7 Å². The first-order valence-electron chi connectivity index (χ1n) is 19.5. The Hall–Kier alpha value is -9.70. The Morgan fingerprint density at radius 2 is 0.726 bits per heavy atom. The second-order valence-electron chi connectivity index (χ2n) is 14.9. The minimum absolute atomic E-state index is 0.393. The zero-order valence-electron chi connectivity index (χ0n) is 32.6. The van der Waals surface area contributed by atoms with Gasteiger partial charge in [-0.2, -0.15) is 31.6 Å². The molecule has 0 N–H and O–H groups in total. The monoisotopic (exact) mass is 786 g/mol. The number of aromatic nitrogens is 2. The molecule has 0 aliphatic heterocycles. The molecule has 282 valence electrons. The summed E-state index contributed by atoms with van der Waals surface area (Å²) in [6.07, 6.45) is 0. The largest absolute Gasteiger partial charge is 0.308 e. The average Bonchev–Trinajstić information content (AvgIpc) is 3.85. The number of hydrogen-bond acceptors (Lipinski definition) is 6. The normalized spacial score (nSPS) is 10.8. The number of fused-ring (bicyclic) bond motifs is 6. The van der Waals surface area contributed by atoms with Crippen LogP contribution in [0.15, 0.2) is 158 Å². The van der Waals surface area contributed by atoms with Crippen LogP contribution in [0, 0.1) is 68.0 Å². The highest BCUT2D eigenvalue weighted by molar-refractivity contribution is 6.12. The molecule has 0 fully saturated rings. The lowest BCUT2D eigenvalue weighted by Crippen LogP contribution is -2.05. The quantitative estimate of drug-likeness (QED) is 0.169. The van der Waals surface area contributed by atoms with Gasteiger partial charge in [0.15, 0.2) is 0 Å². The molecule has 0 saturated carbocycles. The van der Waals surface area contributed by atoms with Crippen LogP contribution in [0.3, 0.4) is 0 Å². The first-order chi connectivity index (χ1) is 30.4. The van der Waals surface area contributed by atoms with Crippen molar-refractivity contribution in [1.82, 2.24) is 9.13 Å². The van der Waals surface area contributed by atoms with Crippen molar-refractivity contribution in [2.75, 3.05) is 0 Å². The molecule has 0 radical (unpaired) electrons. The predicted octanol–water partition coefficient (Wildman–Crippen LogP) is 12.1. The third-order valence-corrected chi connectivity index (χ3v) is 11.4. The van der Waals surface area contributed by atoms with E-state index in [1.54, 1.807) is 42.5 Å². The summed E-state index contributed by atoms with van der Waals surface area (Å²) in [5, 5.41) is 64.4. The van der Waals surface area contributed by atoms with Crippen LogP contribution in [0.25, 0.3) is 88.4 Å². The van der Waals surface area contributed by atoms with Crippen LogP contribution in [0.4, 0.5) is 0 Å². The van der Waals surface area contributed by atoms with Crippen molar-refractivity contribution in [3.8, 4) is 81.2 Å². The summed E-state index contributed by atoms with van der Waals surface area (Å²) >= 11 is 0. The second kappa shape index (κ2) is 14.6. The number of rotatable bonds is 5. The van der Waals surface area contributed by atoms with Gasteiger partial charge in [-0.3, -0.25) is 0 Å². The molecule has 0 atom stereocenters. The number of nitrogens with zero attached hydrogens (tertiary/aromatic N) is 8. The maximum Gasteiger partial charge on any atom is 0.104 e. The number of benzene rings is 8. The molecular weight excluding hydrogens is 761 g/mol. The minimum atomic E-state index is 0.393. The average molecular weight is 787 g/mol. The zero-order chi connectivity index (χ0) is 42.5. The van der Waals surface area contributed by atoms with Crippen LogP contribution in [0.1, 0.15) is 33.4 Å². The van der Waals surface area contributed by atoms with E-state index in [1.807, 2.05) is 103 Å². The molecule has 0 saturated heterocycles. The van der Waals surface area contributed by atoms with Crippen molar-refractivity contribution in [2.24, 2.45) is 0 Å². The van der Waals surface area contributed by atoms with Crippen LogP contribution < -0.4 is 0 Å². The highest BCUT2D eigenvalue weighted by Gasteiger charge is 2.24. The van der Waals surface area contributed by atoms with E-state index in [0.717, 1.165) is 71.4 Å². The van der Waals surface area contributed by atoms with Gasteiger partial charge in [-0.15, -0.1) is 0 Å². The first-order valence-corrected chi connectivity index (χ1v) is 19.5. The second-order valence-corrected chi connectivity index (χ2v) is 14.9. The lowest BCUT2D eigenvalue weighted by molar-refractivity contribution is 1.12. The third kappa shape index (κ3) is 5.79. The Balaban J connectivity index is 1.29. The van der Waals surface area contributed by atoms with Crippen LogP contribution >= 0.6 is 0 Å². The Bertz CT molecular complexity index is 3560. The molecule has 8 aromatic carbocycles. The Morgan fingerprint density at radius 3 is 1.16 bits per heavy atom. The van der Waals surface area contributed by atoms with Crippen molar-refractivity contribution in [2.45, 2.75) is 0 Å². The summed E-state index contributed by atoms with van der Waals surface area (Å²) in [4.78, 5) is 0. The van der Waals surface area contributed by atoms with E-state index in [-0.39, 0.29) is 0 Å². The Labute approximate surface area is 355 Å². The van der Waals surface area contributed by atoms with E-state index >= 15 is 0 Å².